The lowest BCUT2D eigenvalue weighted by atomic mass is 10.1. The van der Waals surface area contributed by atoms with Crippen LogP contribution in [0, 0.1) is 0 Å². The molecule has 154 valence electrons. The number of nitrogens with zero attached hydrogens (tertiary/aromatic N) is 2. The van der Waals surface area contributed by atoms with Crippen molar-refractivity contribution in [2.24, 2.45) is 0 Å². The van der Waals surface area contributed by atoms with Crippen molar-refractivity contribution in [3.05, 3.63) is 76.7 Å². The number of hydrogen-bond donors (Lipinski definition) is 1. The predicted octanol–water partition coefficient (Wildman–Crippen LogP) is 1.94. The Morgan fingerprint density at radius 2 is 1.62 bits per heavy atom. The van der Waals surface area contributed by atoms with Crippen LogP contribution in [0.5, 0.6) is 0 Å². The molecule has 0 bridgehead atoms. The SMILES string of the molecule is CNC(=O)c1ccc(CN(C)C(=O)CN(C)S(=O)(=O)/C=C/c2ccccc2)cc1. The highest BCUT2D eigenvalue weighted by Gasteiger charge is 2.20. The third-order valence-corrected chi connectivity index (χ3v) is 5.79. The van der Waals surface area contributed by atoms with Gasteiger partial charge in [-0.2, -0.15) is 4.31 Å². The van der Waals surface area contributed by atoms with Gasteiger partial charge >= 0.3 is 0 Å². The zero-order chi connectivity index (χ0) is 21.4. The second kappa shape index (κ2) is 9.99. The van der Waals surface area contributed by atoms with Gasteiger partial charge in [0.1, 0.15) is 0 Å². The fourth-order valence-electron chi connectivity index (χ4n) is 2.50. The first-order chi connectivity index (χ1) is 13.7. The molecule has 0 saturated carbocycles. The smallest absolute Gasteiger partial charge is 0.251 e. The Hall–Kier alpha value is -2.97. The lowest BCUT2D eigenvalue weighted by Gasteiger charge is -2.21. The second-order valence-corrected chi connectivity index (χ2v) is 8.47. The fraction of sp³-hybridized carbons (Fsp3) is 0.238. The molecule has 2 aromatic carbocycles. The van der Waals surface area contributed by atoms with E-state index in [1.165, 1.54) is 18.0 Å². The lowest BCUT2D eigenvalue weighted by Crippen LogP contribution is -2.38. The quantitative estimate of drug-likeness (QED) is 0.714. The van der Waals surface area contributed by atoms with E-state index in [1.807, 2.05) is 18.2 Å². The standard InChI is InChI=1S/C21H25N3O4S/c1-22-21(26)19-11-9-18(10-12-19)15-23(2)20(25)16-24(3)29(27,28)14-13-17-7-5-4-6-8-17/h4-14H,15-16H2,1-3H3,(H,22,26)/b14-13+. The number of carbonyl (C=O) groups excluding carboxylic acids is 2. The van der Waals surface area contributed by atoms with Crippen LogP contribution in [-0.2, 0) is 21.4 Å². The number of amides is 2. The summed E-state index contributed by atoms with van der Waals surface area (Å²) in [6, 6.07) is 15.9. The molecule has 0 saturated heterocycles. The van der Waals surface area contributed by atoms with Gasteiger partial charge < -0.3 is 10.2 Å². The van der Waals surface area contributed by atoms with Crippen LogP contribution in [0.15, 0.2) is 60.0 Å². The van der Waals surface area contributed by atoms with E-state index in [1.54, 1.807) is 50.5 Å². The van der Waals surface area contributed by atoms with E-state index in [9.17, 15) is 18.0 Å². The molecule has 7 nitrogen and oxygen atoms in total. The number of carbonyl (C=O) groups is 2. The molecule has 8 heteroatoms. The minimum absolute atomic E-state index is 0.184. The van der Waals surface area contributed by atoms with Crippen LogP contribution in [0.2, 0.25) is 0 Å². The first-order valence-electron chi connectivity index (χ1n) is 8.97. The Labute approximate surface area is 171 Å². The van der Waals surface area contributed by atoms with Crippen LogP contribution >= 0.6 is 0 Å². The molecule has 2 rings (SSSR count). The van der Waals surface area contributed by atoms with Gasteiger partial charge in [-0.1, -0.05) is 42.5 Å². The number of likely N-dealkylation sites (N-methyl/N-ethyl adjacent to an activating group) is 2. The minimum Gasteiger partial charge on any atom is -0.355 e. The molecule has 0 fully saturated rings. The highest BCUT2D eigenvalue weighted by Crippen LogP contribution is 2.09. The van der Waals surface area contributed by atoms with Crippen LogP contribution in [-0.4, -0.2) is 57.1 Å². The Morgan fingerprint density at radius 1 is 1.00 bits per heavy atom. The topological polar surface area (TPSA) is 86.8 Å². The molecular weight excluding hydrogens is 390 g/mol. The first kappa shape index (κ1) is 22.3. The van der Waals surface area contributed by atoms with Crippen molar-refractivity contribution in [3.8, 4) is 0 Å². The van der Waals surface area contributed by atoms with Crippen molar-refractivity contribution in [2.75, 3.05) is 27.7 Å². The van der Waals surface area contributed by atoms with E-state index in [0.29, 0.717) is 12.1 Å². The summed E-state index contributed by atoms with van der Waals surface area (Å²) in [6.45, 7) is 0.0366. The average Bonchev–Trinajstić information content (AvgIpc) is 2.73. The van der Waals surface area contributed by atoms with Gasteiger partial charge in [0, 0.05) is 38.7 Å². The molecule has 0 aliphatic carbocycles. The summed E-state index contributed by atoms with van der Waals surface area (Å²) >= 11 is 0. The van der Waals surface area contributed by atoms with Crippen molar-refractivity contribution >= 4 is 27.9 Å². The number of benzene rings is 2. The molecule has 0 aliphatic rings. The molecule has 0 spiro atoms. The number of rotatable bonds is 8. The van der Waals surface area contributed by atoms with Gasteiger partial charge in [0.05, 0.1) is 6.54 Å². The second-order valence-electron chi connectivity index (χ2n) is 6.54. The lowest BCUT2D eigenvalue weighted by molar-refractivity contribution is -0.130. The van der Waals surface area contributed by atoms with E-state index < -0.39 is 10.0 Å². The highest BCUT2D eigenvalue weighted by molar-refractivity contribution is 7.92. The molecule has 2 amide bonds. The van der Waals surface area contributed by atoms with Crippen molar-refractivity contribution in [1.82, 2.24) is 14.5 Å². The van der Waals surface area contributed by atoms with E-state index in [4.69, 9.17) is 0 Å². The van der Waals surface area contributed by atoms with Crippen LogP contribution in [0.4, 0.5) is 0 Å². The fourth-order valence-corrected chi connectivity index (χ4v) is 3.33. The summed E-state index contributed by atoms with van der Waals surface area (Å²) in [6.07, 6.45) is 1.49. The third-order valence-electron chi connectivity index (χ3n) is 4.31. The molecule has 0 heterocycles. The van der Waals surface area contributed by atoms with Crippen LogP contribution in [0.3, 0.4) is 0 Å². The third kappa shape index (κ3) is 6.55. The molecule has 0 atom stereocenters. The van der Waals surface area contributed by atoms with Gasteiger partial charge in [0.2, 0.25) is 15.9 Å². The number of sulfonamides is 1. The van der Waals surface area contributed by atoms with Crippen LogP contribution in [0.25, 0.3) is 6.08 Å². The highest BCUT2D eigenvalue weighted by atomic mass is 32.2. The van der Waals surface area contributed by atoms with Crippen LogP contribution in [0.1, 0.15) is 21.5 Å². The number of hydrogen-bond acceptors (Lipinski definition) is 4. The van der Waals surface area contributed by atoms with Gasteiger partial charge in [0.25, 0.3) is 5.91 Å². The molecule has 0 aromatic heterocycles. The van der Waals surface area contributed by atoms with Gasteiger partial charge in [-0.05, 0) is 29.3 Å². The molecular formula is C21H25N3O4S. The summed E-state index contributed by atoms with van der Waals surface area (Å²) in [4.78, 5) is 25.4. The Balaban J connectivity index is 1.95. The van der Waals surface area contributed by atoms with Crippen molar-refractivity contribution in [3.63, 3.8) is 0 Å². The van der Waals surface area contributed by atoms with E-state index in [-0.39, 0.29) is 18.4 Å². The van der Waals surface area contributed by atoms with Gasteiger partial charge in [-0.3, -0.25) is 9.59 Å². The molecule has 0 radical (unpaired) electrons. The maximum atomic E-state index is 12.4. The molecule has 2 aromatic rings. The Kier molecular flexibility index (Phi) is 7.69. The van der Waals surface area contributed by atoms with E-state index in [0.717, 1.165) is 20.8 Å². The van der Waals surface area contributed by atoms with Gasteiger partial charge in [-0.15, -0.1) is 0 Å². The average molecular weight is 416 g/mol. The Bertz CT molecular complexity index is 971. The molecule has 29 heavy (non-hydrogen) atoms. The van der Waals surface area contributed by atoms with E-state index in [2.05, 4.69) is 5.32 Å². The zero-order valence-corrected chi connectivity index (χ0v) is 17.5. The minimum atomic E-state index is -3.72. The van der Waals surface area contributed by atoms with Crippen molar-refractivity contribution < 1.29 is 18.0 Å². The van der Waals surface area contributed by atoms with Crippen LogP contribution < -0.4 is 5.32 Å². The van der Waals surface area contributed by atoms with Crippen molar-refractivity contribution in [1.29, 1.82) is 0 Å². The Morgan fingerprint density at radius 3 is 2.21 bits per heavy atom. The normalized spacial score (nSPS) is 11.6. The largest absolute Gasteiger partial charge is 0.355 e. The van der Waals surface area contributed by atoms with Gasteiger partial charge in [0.15, 0.2) is 0 Å². The van der Waals surface area contributed by atoms with E-state index >= 15 is 0 Å². The monoisotopic (exact) mass is 415 g/mol. The molecule has 1 N–H and O–H groups in total. The predicted molar refractivity (Wildman–Crippen MR) is 113 cm³/mol. The number of nitrogens with one attached hydrogen (secondary N) is 1. The van der Waals surface area contributed by atoms with Gasteiger partial charge in [-0.25, -0.2) is 8.42 Å². The maximum absolute atomic E-state index is 12.4. The maximum Gasteiger partial charge on any atom is 0.251 e. The molecule has 0 aliphatic heterocycles. The summed E-state index contributed by atoms with van der Waals surface area (Å²) in [5.41, 5.74) is 2.12. The first-order valence-corrected chi connectivity index (χ1v) is 10.5. The summed E-state index contributed by atoms with van der Waals surface area (Å²) in [7, 11) is 0.817. The van der Waals surface area contributed by atoms with Crippen molar-refractivity contribution in [2.45, 2.75) is 6.54 Å². The zero-order valence-electron chi connectivity index (χ0n) is 16.7. The molecule has 0 unspecified atom stereocenters. The summed E-state index contributed by atoms with van der Waals surface area (Å²) in [5.74, 6) is -0.518. The summed E-state index contributed by atoms with van der Waals surface area (Å²) < 4.78 is 25.8. The summed E-state index contributed by atoms with van der Waals surface area (Å²) in [5, 5.41) is 3.64.